The molecule has 0 spiro atoms. The van der Waals surface area contributed by atoms with Crippen LogP contribution >= 0.6 is 22.6 Å². The Balaban J connectivity index is 2.29. The van der Waals surface area contributed by atoms with E-state index < -0.39 is 4.92 Å². The lowest BCUT2D eigenvalue weighted by atomic mass is 10.2. The van der Waals surface area contributed by atoms with E-state index in [9.17, 15) is 14.9 Å². The van der Waals surface area contributed by atoms with Crippen LogP contribution in [0.2, 0.25) is 0 Å². The highest BCUT2D eigenvalue weighted by molar-refractivity contribution is 14.1. The van der Waals surface area contributed by atoms with Gasteiger partial charge in [0.25, 0.3) is 11.2 Å². The van der Waals surface area contributed by atoms with E-state index in [4.69, 9.17) is 0 Å². The summed E-state index contributed by atoms with van der Waals surface area (Å²) in [5.74, 6) is 0. The molecule has 1 aromatic heterocycles. The van der Waals surface area contributed by atoms with Gasteiger partial charge in [-0.1, -0.05) is 12.1 Å². The SMILES string of the molecule is Cc1ncn(Cc2ccc([N+](=O)[O-])cc2)c(=O)c1I. The second-order valence-corrected chi connectivity index (χ2v) is 5.08. The van der Waals surface area contributed by atoms with Crippen molar-refractivity contribution in [2.24, 2.45) is 0 Å². The monoisotopic (exact) mass is 371 g/mol. The number of non-ortho nitro benzene ring substituents is 1. The van der Waals surface area contributed by atoms with Crippen molar-refractivity contribution in [1.82, 2.24) is 9.55 Å². The highest BCUT2D eigenvalue weighted by Crippen LogP contribution is 2.12. The molecule has 0 aliphatic carbocycles. The van der Waals surface area contributed by atoms with Gasteiger partial charge in [0.1, 0.15) is 0 Å². The van der Waals surface area contributed by atoms with Crippen LogP contribution in [0.4, 0.5) is 5.69 Å². The summed E-state index contributed by atoms with van der Waals surface area (Å²) in [6, 6.07) is 6.12. The Morgan fingerprint density at radius 1 is 1.37 bits per heavy atom. The van der Waals surface area contributed by atoms with Gasteiger partial charge in [0.05, 0.1) is 27.1 Å². The molecule has 0 unspecified atom stereocenters. The molecule has 0 atom stereocenters. The van der Waals surface area contributed by atoms with E-state index in [0.717, 1.165) is 5.56 Å². The lowest BCUT2D eigenvalue weighted by Crippen LogP contribution is -2.24. The number of benzene rings is 1. The van der Waals surface area contributed by atoms with E-state index in [-0.39, 0.29) is 11.2 Å². The van der Waals surface area contributed by atoms with Gasteiger partial charge in [-0.15, -0.1) is 0 Å². The molecule has 0 N–H and O–H groups in total. The fourth-order valence-electron chi connectivity index (χ4n) is 1.58. The number of nitro groups is 1. The Morgan fingerprint density at radius 2 is 2.00 bits per heavy atom. The Hall–Kier alpha value is -1.77. The molecule has 0 radical (unpaired) electrons. The predicted molar refractivity (Wildman–Crippen MR) is 78.1 cm³/mol. The Bertz CT molecular complexity index is 680. The number of rotatable bonds is 3. The summed E-state index contributed by atoms with van der Waals surface area (Å²) < 4.78 is 2.07. The van der Waals surface area contributed by atoms with Crippen molar-refractivity contribution in [1.29, 1.82) is 0 Å². The van der Waals surface area contributed by atoms with Crippen molar-refractivity contribution in [3.05, 3.63) is 65.9 Å². The van der Waals surface area contributed by atoms with Gasteiger partial charge in [-0.3, -0.25) is 19.5 Å². The van der Waals surface area contributed by atoms with Crippen molar-refractivity contribution in [2.45, 2.75) is 13.5 Å². The van der Waals surface area contributed by atoms with Crippen LogP contribution in [0.3, 0.4) is 0 Å². The quantitative estimate of drug-likeness (QED) is 0.471. The first-order valence-electron chi connectivity index (χ1n) is 5.44. The summed E-state index contributed by atoms with van der Waals surface area (Å²) >= 11 is 1.97. The summed E-state index contributed by atoms with van der Waals surface area (Å²) in [5, 5.41) is 10.5. The van der Waals surface area contributed by atoms with Crippen LogP contribution < -0.4 is 5.56 Å². The summed E-state index contributed by atoms with van der Waals surface area (Å²) in [6.07, 6.45) is 1.49. The minimum absolute atomic E-state index is 0.0349. The molecule has 19 heavy (non-hydrogen) atoms. The predicted octanol–water partition coefficient (Wildman–Crippen LogP) is 2.11. The fraction of sp³-hybridized carbons (Fsp3) is 0.167. The van der Waals surface area contributed by atoms with Crippen LogP contribution in [0, 0.1) is 20.6 Å². The normalized spacial score (nSPS) is 10.4. The lowest BCUT2D eigenvalue weighted by Gasteiger charge is -2.06. The van der Waals surface area contributed by atoms with Crippen LogP contribution in [-0.4, -0.2) is 14.5 Å². The van der Waals surface area contributed by atoms with E-state index in [0.29, 0.717) is 15.8 Å². The molecule has 7 heteroatoms. The van der Waals surface area contributed by atoms with Crippen LogP contribution in [0.5, 0.6) is 0 Å². The minimum atomic E-state index is -0.452. The summed E-state index contributed by atoms with van der Waals surface area (Å²) in [7, 11) is 0. The van der Waals surface area contributed by atoms with Crippen molar-refractivity contribution < 1.29 is 4.92 Å². The van der Waals surface area contributed by atoms with Crippen molar-refractivity contribution in [3.63, 3.8) is 0 Å². The van der Waals surface area contributed by atoms with E-state index in [1.54, 1.807) is 19.1 Å². The maximum absolute atomic E-state index is 12.0. The van der Waals surface area contributed by atoms with E-state index >= 15 is 0 Å². The lowest BCUT2D eigenvalue weighted by molar-refractivity contribution is -0.384. The second-order valence-electron chi connectivity index (χ2n) is 4.00. The van der Waals surface area contributed by atoms with Gasteiger partial charge in [-0.25, -0.2) is 4.98 Å². The number of halogens is 1. The van der Waals surface area contributed by atoms with Crippen molar-refractivity contribution in [2.75, 3.05) is 0 Å². The van der Waals surface area contributed by atoms with Crippen LogP contribution in [0.15, 0.2) is 35.4 Å². The smallest absolute Gasteiger partial charge is 0.269 e. The molecule has 2 rings (SSSR count). The molecule has 0 saturated heterocycles. The Labute approximate surface area is 122 Å². The Morgan fingerprint density at radius 3 is 2.58 bits per heavy atom. The standard InChI is InChI=1S/C12H10IN3O3/c1-8-11(13)12(17)15(7-14-8)6-9-2-4-10(5-3-9)16(18)19/h2-5,7H,6H2,1H3. The molecule has 0 aliphatic heterocycles. The van der Waals surface area contributed by atoms with Crippen molar-refractivity contribution in [3.8, 4) is 0 Å². The number of hydrogen-bond acceptors (Lipinski definition) is 4. The topological polar surface area (TPSA) is 78.0 Å². The van der Waals surface area contributed by atoms with Gasteiger partial charge in [-0.2, -0.15) is 0 Å². The maximum Gasteiger partial charge on any atom is 0.269 e. The van der Waals surface area contributed by atoms with E-state index in [1.807, 2.05) is 22.6 Å². The first kappa shape index (κ1) is 13.7. The van der Waals surface area contributed by atoms with Gasteiger partial charge in [-0.05, 0) is 35.1 Å². The van der Waals surface area contributed by atoms with Gasteiger partial charge in [0.2, 0.25) is 0 Å². The number of aromatic nitrogens is 2. The molecular formula is C12H10IN3O3. The number of nitrogens with zero attached hydrogens (tertiary/aromatic N) is 3. The van der Waals surface area contributed by atoms with Gasteiger partial charge < -0.3 is 0 Å². The average molecular weight is 371 g/mol. The molecule has 0 fully saturated rings. The Kier molecular flexibility index (Phi) is 3.93. The van der Waals surface area contributed by atoms with Gasteiger partial charge in [0.15, 0.2) is 0 Å². The largest absolute Gasteiger partial charge is 0.294 e. The summed E-state index contributed by atoms with van der Waals surface area (Å²) in [5.41, 5.74) is 1.44. The zero-order valence-electron chi connectivity index (χ0n) is 10.0. The third-order valence-electron chi connectivity index (χ3n) is 2.66. The van der Waals surface area contributed by atoms with E-state index in [1.165, 1.54) is 23.0 Å². The molecule has 98 valence electrons. The molecule has 1 aromatic carbocycles. The number of aryl methyl sites for hydroxylation is 1. The zero-order chi connectivity index (χ0) is 14.0. The highest BCUT2D eigenvalue weighted by Gasteiger charge is 2.07. The first-order valence-corrected chi connectivity index (χ1v) is 6.52. The van der Waals surface area contributed by atoms with Gasteiger partial charge >= 0.3 is 0 Å². The van der Waals surface area contributed by atoms with E-state index in [2.05, 4.69) is 4.98 Å². The van der Waals surface area contributed by atoms with Crippen LogP contribution in [-0.2, 0) is 6.54 Å². The summed E-state index contributed by atoms with van der Waals surface area (Å²) in [6.45, 7) is 2.12. The third-order valence-corrected chi connectivity index (χ3v) is 3.90. The van der Waals surface area contributed by atoms with Crippen LogP contribution in [0.25, 0.3) is 0 Å². The molecule has 1 heterocycles. The third kappa shape index (κ3) is 2.98. The second kappa shape index (κ2) is 5.47. The summed E-state index contributed by atoms with van der Waals surface area (Å²) in [4.78, 5) is 26.2. The molecule has 0 aliphatic rings. The molecule has 2 aromatic rings. The fourth-order valence-corrected chi connectivity index (χ4v) is 2.03. The molecule has 0 saturated carbocycles. The number of hydrogen-bond donors (Lipinski definition) is 0. The first-order chi connectivity index (χ1) is 8.99. The molecule has 0 bridgehead atoms. The van der Waals surface area contributed by atoms with Crippen LogP contribution in [0.1, 0.15) is 11.3 Å². The molecule has 6 nitrogen and oxygen atoms in total. The number of nitro benzene ring substituents is 1. The minimum Gasteiger partial charge on any atom is -0.294 e. The average Bonchev–Trinajstić information content (AvgIpc) is 2.40. The van der Waals surface area contributed by atoms with Gasteiger partial charge in [0, 0.05) is 12.1 Å². The van der Waals surface area contributed by atoms with Crippen molar-refractivity contribution >= 4 is 28.3 Å². The zero-order valence-corrected chi connectivity index (χ0v) is 12.2. The molecular weight excluding hydrogens is 361 g/mol. The highest BCUT2D eigenvalue weighted by atomic mass is 127. The molecule has 0 amide bonds. The maximum atomic E-state index is 12.0.